The van der Waals surface area contributed by atoms with Crippen LogP contribution in [0.4, 0.5) is 10.1 Å². The van der Waals surface area contributed by atoms with Gasteiger partial charge in [0.05, 0.1) is 10.5 Å². The largest absolute Gasteiger partial charge is 0.449 e. The molecule has 0 saturated heterocycles. The van der Waals surface area contributed by atoms with Gasteiger partial charge in [0, 0.05) is 5.69 Å². The van der Waals surface area contributed by atoms with Crippen molar-refractivity contribution < 1.29 is 27.1 Å². The number of anilines is 1. The Kier molecular flexibility index (Phi) is 5.50. The molecule has 0 fully saturated rings. The molecule has 0 bridgehead atoms. The Morgan fingerprint density at radius 1 is 1.08 bits per heavy atom. The van der Waals surface area contributed by atoms with Crippen LogP contribution in [0.25, 0.3) is 0 Å². The number of hydrogen-bond donors (Lipinski definition) is 2. The predicted molar refractivity (Wildman–Crippen MR) is 87.7 cm³/mol. The van der Waals surface area contributed by atoms with Gasteiger partial charge >= 0.3 is 5.97 Å². The monoisotopic (exact) mass is 366 g/mol. The van der Waals surface area contributed by atoms with Gasteiger partial charge in [0.2, 0.25) is 10.0 Å². The second-order valence-corrected chi connectivity index (χ2v) is 6.67. The zero-order valence-electron chi connectivity index (χ0n) is 13.1. The molecule has 3 N–H and O–H groups in total. The van der Waals surface area contributed by atoms with Crippen molar-refractivity contribution in [2.75, 3.05) is 5.32 Å². The Morgan fingerprint density at radius 3 is 2.16 bits per heavy atom. The van der Waals surface area contributed by atoms with E-state index in [1.54, 1.807) is 0 Å². The molecule has 0 aliphatic heterocycles. The minimum absolute atomic E-state index is 0.0637. The molecule has 2 aromatic rings. The van der Waals surface area contributed by atoms with Crippen molar-refractivity contribution in [1.29, 1.82) is 0 Å². The summed E-state index contributed by atoms with van der Waals surface area (Å²) in [5.74, 6) is -1.84. The van der Waals surface area contributed by atoms with E-state index in [-0.39, 0.29) is 10.5 Å². The van der Waals surface area contributed by atoms with Gasteiger partial charge in [0.1, 0.15) is 5.82 Å². The third kappa shape index (κ3) is 5.10. The summed E-state index contributed by atoms with van der Waals surface area (Å²) in [6.45, 7) is 1.37. The predicted octanol–water partition coefficient (Wildman–Crippen LogP) is 1.66. The van der Waals surface area contributed by atoms with Gasteiger partial charge in [-0.15, -0.1) is 0 Å². The van der Waals surface area contributed by atoms with Crippen LogP contribution in [0.3, 0.4) is 0 Å². The number of carbonyl (C=O) groups excluding carboxylic acids is 2. The number of carbonyl (C=O) groups is 2. The molecule has 0 aromatic heterocycles. The number of ether oxygens (including phenoxy) is 1. The molecule has 2 rings (SSSR count). The summed E-state index contributed by atoms with van der Waals surface area (Å²) in [7, 11) is -3.86. The second-order valence-electron chi connectivity index (χ2n) is 5.11. The van der Waals surface area contributed by atoms with E-state index in [0.717, 1.165) is 12.1 Å². The lowest BCUT2D eigenvalue weighted by molar-refractivity contribution is -0.123. The molecule has 1 atom stereocenters. The first kappa shape index (κ1) is 18.6. The first-order chi connectivity index (χ1) is 11.7. The van der Waals surface area contributed by atoms with Gasteiger partial charge in [-0.1, -0.05) is 0 Å². The summed E-state index contributed by atoms with van der Waals surface area (Å²) in [4.78, 5) is 23.8. The standard InChI is InChI=1S/C16H15FN2O5S/c1-10(15(20)19-13-6-4-12(17)5-7-13)24-16(21)11-2-8-14(9-3-11)25(18,22)23/h2-10H,1H3,(H,19,20)(H2,18,22,23). The first-order valence-corrected chi connectivity index (χ1v) is 8.62. The van der Waals surface area contributed by atoms with Crippen LogP contribution in [-0.2, 0) is 19.6 Å². The number of amides is 1. The first-order valence-electron chi connectivity index (χ1n) is 7.07. The molecule has 132 valence electrons. The van der Waals surface area contributed by atoms with E-state index in [1.165, 1.54) is 43.3 Å². The van der Waals surface area contributed by atoms with Gasteiger partial charge in [-0.05, 0) is 55.5 Å². The second kappa shape index (κ2) is 7.41. The summed E-state index contributed by atoms with van der Waals surface area (Å²) in [5.41, 5.74) is 0.417. The lowest BCUT2D eigenvalue weighted by Gasteiger charge is -2.13. The zero-order valence-corrected chi connectivity index (χ0v) is 13.9. The number of halogens is 1. The highest BCUT2D eigenvalue weighted by Crippen LogP contribution is 2.12. The normalized spacial score (nSPS) is 12.3. The molecule has 2 aromatic carbocycles. The molecule has 25 heavy (non-hydrogen) atoms. The van der Waals surface area contributed by atoms with Crippen LogP contribution in [0, 0.1) is 5.82 Å². The molecular formula is C16H15FN2O5S. The quantitative estimate of drug-likeness (QED) is 0.781. The molecule has 9 heteroatoms. The van der Waals surface area contributed by atoms with E-state index >= 15 is 0 Å². The highest BCUT2D eigenvalue weighted by atomic mass is 32.2. The maximum absolute atomic E-state index is 12.8. The van der Waals surface area contributed by atoms with E-state index in [2.05, 4.69) is 5.32 Å². The Morgan fingerprint density at radius 2 is 1.64 bits per heavy atom. The Hall–Kier alpha value is -2.78. The van der Waals surface area contributed by atoms with E-state index < -0.39 is 33.8 Å². The highest BCUT2D eigenvalue weighted by Gasteiger charge is 2.19. The number of sulfonamides is 1. The number of hydrogen-bond acceptors (Lipinski definition) is 5. The van der Waals surface area contributed by atoms with Gasteiger partial charge < -0.3 is 10.1 Å². The average molecular weight is 366 g/mol. The van der Waals surface area contributed by atoms with E-state index in [9.17, 15) is 22.4 Å². The molecule has 0 heterocycles. The van der Waals surface area contributed by atoms with Crippen molar-refractivity contribution in [2.45, 2.75) is 17.9 Å². The third-order valence-corrected chi connectivity index (χ3v) is 4.11. The molecule has 1 unspecified atom stereocenters. The minimum Gasteiger partial charge on any atom is -0.449 e. The summed E-state index contributed by atoms with van der Waals surface area (Å²) < 4.78 is 40.2. The lowest BCUT2D eigenvalue weighted by atomic mass is 10.2. The number of esters is 1. The maximum Gasteiger partial charge on any atom is 0.338 e. The molecule has 0 aliphatic carbocycles. The Labute approximate surface area is 143 Å². The Bertz CT molecular complexity index is 880. The van der Waals surface area contributed by atoms with Gasteiger partial charge in [0.25, 0.3) is 5.91 Å². The zero-order chi connectivity index (χ0) is 18.6. The average Bonchev–Trinajstić information content (AvgIpc) is 2.56. The molecule has 0 radical (unpaired) electrons. The maximum atomic E-state index is 12.8. The molecule has 1 amide bonds. The van der Waals surface area contributed by atoms with Gasteiger partial charge in [0.15, 0.2) is 6.10 Å². The van der Waals surface area contributed by atoms with E-state index in [1.807, 2.05) is 0 Å². The van der Waals surface area contributed by atoms with Crippen LogP contribution in [0.15, 0.2) is 53.4 Å². The number of benzene rings is 2. The van der Waals surface area contributed by atoms with Crippen molar-refractivity contribution >= 4 is 27.6 Å². The molecule has 0 saturated carbocycles. The fraction of sp³-hybridized carbons (Fsp3) is 0.125. The summed E-state index contributed by atoms with van der Waals surface area (Å²) in [6.07, 6.45) is -1.12. The van der Waals surface area contributed by atoms with E-state index in [4.69, 9.17) is 9.88 Å². The van der Waals surface area contributed by atoms with Crippen LogP contribution >= 0.6 is 0 Å². The summed E-state index contributed by atoms with van der Waals surface area (Å²) in [6, 6.07) is 9.88. The van der Waals surface area contributed by atoms with Crippen LogP contribution in [-0.4, -0.2) is 26.4 Å². The topological polar surface area (TPSA) is 116 Å². The fourth-order valence-corrected chi connectivity index (χ4v) is 2.36. The third-order valence-electron chi connectivity index (χ3n) is 3.18. The highest BCUT2D eigenvalue weighted by molar-refractivity contribution is 7.89. The SMILES string of the molecule is CC(OC(=O)c1ccc(S(N)(=O)=O)cc1)C(=O)Nc1ccc(F)cc1. The Balaban J connectivity index is 1.99. The smallest absolute Gasteiger partial charge is 0.338 e. The van der Waals surface area contributed by atoms with Crippen molar-refractivity contribution in [3.05, 3.63) is 59.9 Å². The number of nitrogens with two attached hydrogens (primary N) is 1. The molecule has 0 aliphatic rings. The van der Waals surface area contributed by atoms with Crippen molar-refractivity contribution in [1.82, 2.24) is 0 Å². The molecule has 7 nitrogen and oxygen atoms in total. The van der Waals surface area contributed by atoms with Gasteiger partial charge in [-0.2, -0.15) is 0 Å². The molecular weight excluding hydrogens is 351 g/mol. The number of nitrogens with one attached hydrogen (secondary N) is 1. The lowest BCUT2D eigenvalue weighted by Crippen LogP contribution is -2.30. The fourth-order valence-electron chi connectivity index (χ4n) is 1.84. The summed E-state index contributed by atoms with van der Waals surface area (Å²) >= 11 is 0. The van der Waals surface area contributed by atoms with Gasteiger partial charge in [-0.25, -0.2) is 22.7 Å². The van der Waals surface area contributed by atoms with Gasteiger partial charge in [-0.3, -0.25) is 4.79 Å². The molecule has 0 spiro atoms. The van der Waals surface area contributed by atoms with Crippen LogP contribution in [0.2, 0.25) is 0 Å². The van der Waals surface area contributed by atoms with Crippen LogP contribution < -0.4 is 10.5 Å². The number of primary sulfonamides is 1. The summed E-state index contributed by atoms with van der Waals surface area (Å²) in [5, 5.41) is 7.44. The van der Waals surface area contributed by atoms with Crippen LogP contribution in [0.1, 0.15) is 17.3 Å². The number of rotatable bonds is 5. The van der Waals surface area contributed by atoms with E-state index in [0.29, 0.717) is 5.69 Å². The van der Waals surface area contributed by atoms with Crippen molar-refractivity contribution in [3.63, 3.8) is 0 Å². The minimum atomic E-state index is -3.86. The van der Waals surface area contributed by atoms with Crippen molar-refractivity contribution in [2.24, 2.45) is 5.14 Å². The van der Waals surface area contributed by atoms with Crippen LogP contribution in [0.5, 0.6) is 0 Å². The van der Waals surface area contributed by atoms with Crippen molar-refractivity contribution in [3.8, 4) is 0 Å².